The molecule has 0 radical (unpaired) electrons. The minimum absolute atomic E-state index is 0.0447. The van der Waals surface area contributed by atoms with Crippen molar-refractivity contribution in [1.29, 1.82) is 0 Å². The number of halogens is 2. The molecule has 0 saturated carbocycles. The molecule has 1 fully saturated rings. The first-order valence-corrected chi connectivity index (χ1v) is 11.3. The Balaban J connectivity index is 1.61. The third-order valence-corrected chi connectivity index (χ3v) is 7.73. The fourth-order valence-corrected chi connectivity index (χ4v) is 5.53. The lowest BCUT2D eigenvalue weighted by atomic mass is 9.94. The summed E-state index contributed by atoms with van der Waals surface area (Å²) in [6.07, 6.45) is 0. The summed E-state index contributed by atoms with van der Waals surface area (Å²) in [5.74, 6) is 0. The molecule has 3 nitrogen and oxygen atoms in total. The highest BCUT2D eigenvalue weighted by Crippen LogP contribution is 2.36. The van der Waals surface area contributed by atoms with Crippen molar-refractivity contribution >= 4 is 33.0 Å². The average molecular weight is 432 g/mol. The molecule has 4 rings (SSSR count). The average Bonchev–Trinajstić information content (AvgIpc) is 2.67. The highest BCUT2D eigenvalue weighted by molar-refractivity contribution is 7.92. The molecule has 0 aliphatic carbocycles. The van der Waals surface area contributed by atoms with Crippen LogP contribution < -0.4 is 0 Å². The minimum atomic E-state index is -3.33. The van der Waals surface area contributed by atoms with Crippen molar-refractivity contribution in [1.82, 2.24) is 4.90 Å². The number of benzene rings is 3. The molecule has 3 aromatic rings. The maximum Gasteiger partial charge on any atom is 0.183 e. The van der Waals surface area contributed by atoms with Gasteiger partial charge in [0.15, 0.2) is 9.84 Å². The molecule has 1 aliphatic heterocycles. The van der Waals surface area contributed by atoms with Crippen LogP contribution in [0.5, 0.6) is 0 Å². The van der Waals surface area contributed by atoms with Crippen LogP contribution in [0.4, 0.5) is 0 Å². The van der Waals surface area contributed by atoms with Gasteiger partial charge in [-0.15, -0.1) is 0 Å². The Morgan fingerprint density at radius 1 is 0.750 bits per heavy atom. The molecule has 0 bridgehead atoms. The fraction of sp³-hybridized carbons (Fsp3) is 0.182. The van der Waals surface area contributed by atoms with Crippen LogP contribution in [0.25, 0.3) is 0 Å². The van der Waals surface area contributed by atoms with Crippen LogP contribution in [0, 0.1) is 0 Å². The van der Waals surface area contributed by atoms with E-state index in [2.05, 4.69) is 4.90 Å². The lowest BCUT2D eigenvalue weighted by Gasteiger charge is -2.44. The van der Waals surface area contributed by atoms with Crippen LogP contribution in [-0.4, -0.2) is 31.7 Å². The van der Waals surface area contributed by atoms with E-state index in [0.717, 1.165) is 11.1 Å². The summed E-state index contributed by atoms with van der Waals surface area (Å²) in [5, 5.41) is 0.940. The molecule has 1 aliphatic rings. The molecule has 1 saturated heterocycles. The summed E-state index contributed by atoms with van der Waals surface area (Å²) in [6.45, 7) is 0.959. The van der Waals surface area contributed by atoms with Crippen molar-refractivity contribution in [2.45, 2.75) is 16.2 Å². The van der Waals surface area contributed by atoms with Crippen molar-refractivity contribution in [2.75, 3.05) is 13.1 Å². The van der Waals surface area contributed by atoms with E-state index >= 15 is 0 Å². The molecule has 28 heavy (non-hydrogen) atoms. The van der Waals surface area contributed by atoms with E-state index in [1.165, 1.54) is 0 Å². The lowest BCUT2D eigenvalue weighted by Crippen LogP contribution is -2.55. The van der Waals surface area contributed by atoms with Crippen molar-refractivity contribution in [3.8, 4) is 0 Å². The van der Waals surface area contributed by atoms with Crippen molar-refractivity contribution in [2.24, 2.45) is 0 Å². The number of sulfone groups is 1. The molecule has 0 unspecified atom stereocenters. The summed E-state index contributed by atoms with van der Waals surface area (Å²) < 4.78 is 25.8. The van der Waals surface area contributed by atoms with E-state index in [1.54, 1.807) is 24.3 Å². The number of hydrogen-bond donors (Lipinski definition) is 0. The number of nitrogens with zero attached hydrogens (tertiary/aromatic N) is 1. The van der Waals surface area contributed by atoms with Crippen LogP contribution in [0.2, 0.25) is 10.0 Å². The van der Waals surface area contributed by atoms with Gasteiger partial charge in [0.05, 0.1) is 16.2 Å². The topological polar surface area (TPSA) is 37.4 Å². The van der Waals surface area contributed by atoms with E-state index in [0.29, 0.717) is 28.0 Å². The smallest absolute Gasteiger partial charge is 0.183 e. The quantitative estimate of drug-likeness (QED) is 0.553. The Morgan fingerprint density at radius 3 is 1.68 bits per heavy atom. The standard InChI is InChI=1S/C22H19Cl2NO2S/c23-18-10-6-16(7-11-18)22(17-8-12-19(24)13-9-17)25-14-21(15-25)28(26,27)20-4-2-1-3-5-20/h1-13,21-22H,14-15H2. The maximum atomic E-state index is 12.9. The summed E-state index contributed by atoms with van der Waals surface area (Å²) >= 11 is 12.1. The molecule has 0 N–H and O–H groups in total. The predicted octanol–water partition coefficient (Wildman–Crippen LogP) is 5.24. The molecule has 0 atom stereocenters. The molecular formula is C22H19Cl2NO2S. The third-order valence-electron chi connectivity index (χ3n) is 5.12. The number of hydrogen-bond acceptors (Lipinski definition) is 3. The highest BCUT2D eigenvalue weighted by atomic mass is 35.5. The van der Waals surface area contributed by atoms with Gasteiger partial charge in [0.1, 0.15) is 0 Å². The van der Waals surface area contributed by atoms with Crippen LogP contribution in [0.15, 0.2) is 83.8 Å². The van der Waals surface area contributed by atoms with Gasteiger partial charge < -0.3 is 0 Å². The van der Waals surface area contributed by atoms with E-state index in [1.807, 2.05) is 54.6 Å². The summed E-state index contributed by atoms with van der Waals surface area (Å²) in [5.41, 5.74) is 2.14. The van der Waals surface area contributed by atoms with Gasteiger partial charge in [-0.05, 0) is 47.5 Å². The van der Waals surface area contributed by atoms with Gasteiger partial charge >= 0.3 is 0 Å². The largest absolute Gasteiger partial charge is 0.290 e. The minimum Gasteiger partial charge on any atom is -0.290 e. The van der Waals surface area contributed by atoms with Gasteiger partial charge in [-0.3, -0.25) is 4.90 Å². The Labute approximate surface area is 175 Å². The molecule has 6 heteroatoms. The second kappa shape index (κ2) is 7.88. The van der Waals surface area contributed by atoms with Crippen molar-refractivity contribution in [3.63, 3.8) is 0 Å². The second-order valence-corrected chi connectivity index (χ2v) is 10.0. The summed E-state index contributed by atoms with van der Waals surface area (Å²) in [6, 6.07) is 24.0. The first-order valence-electron chi connectivity index (χ1n) is 8.99. The maximum absolute atomic E-state index is 12.9. The highest BCUT2D eigenvalue weighted by Gasteiger charge is 2.41. The zero-order valence-corrected chi connectivity index (χ0v) is 17.3. The molecule has 0 spiro atoms. The molecule has 0 aromatic heterocycles. The fourth-order valence-electron chi connectivity index (χ4n) is 3.58. The van der Waals surface area contributed by atoms with Gasteiger partial charge in [0.25, 0.3) is 0 Å². The van der Waals surface area contributed by atoms with Gasteiger partial charge in [-0.25, -0.2) is 8.42 Å². The number of likely N-dealkylation sites (tertiary alicyclic amines) is 1. The zero-order valence-electron chi connectivity index (χ0n) is 15.0. The van der Waals surface area contributed by atoms with Gasteiger partial charge in [-0.1, -0.05) is 65.7 Å². The summed E-state index contributed by atoms with van der Waals surface area (Å²) in [7, 11) is -3.33. The van der Waals surface area contributed by atoms with Gasteiger partial charge in [-0.2, -0.15) is 0 Å². The van der Waals surface area contributed by atoms with Crippen LogP contribution in [0.3, 0.4) is 0 Å². The SMILES string of the molecule is O=S(=O)(c1ccccc1)C1CN(C(c2ccc(Cl)cc2)c2ccc(Cl)cc2)C1. The van der Waals surface area contributed by atoms with Crippen LogP contribution in [-0.2, 0) is 9.84 Å². The second-order valence-electron chi connectivity index (χ2n) is 6.94. The molecular weight excluding hydrogens is 413 g/mol. The Bertz CT molecular complexity index is 1000. The first kappa shape index (κ1) is 19.5. The first-order chi connectivity index (χ1) is 13.4. The number of rotatable bonds is 5. The lowest BCUT2D eigenvalue weighted by molar-refractivity contribution is 0.144. The van der Waals surface area contributed by atoms with E-state index < -0.39 is 15.1 Å². The molecule has 1 heterocycles. The molecule has 0 amide bonds. The Kier molecular flexibility index (Phi) is 5.48. The van der Waals surface area contributed by atoms with E-state index in [-0.39, 0.29) is 6.04 Å². The van der Waals surface area contributed by atoms with Crippen LogP contribution >= 0.6 is 23.2 Å². The predicted molar refractivity (Wildman–Crippen MR) is 114 cm³/mol. The van der Waals surface area contributed by atoms with Crippen molar-refractivity contribution < 1.29 is 8.42 Å². The Morgan fingerprint density at radius 2 is 1.21 bits per heavy atom. The van der Waals surface area contributed by atoms with Crippen molar-refractivity contribution in [3.05, 3.63) is 100 Å². The molecule has 3 aromatic carbocycles. The zero-order chi connectivity index (χ0) is 19.7. The van der Waals surface area contributed by atoms with E-state index in [4.69, 9.17) is 23.2 Å². The van der Waals surface area contributed by atoms with Gasteiger partial charge in [0.2, 0.25) is 0 Å². The Hall–Kier alpha value is -1.85. The summed E-state index contributed by atoms with van der Waals surface area (Å²) in [4.78, 5) is 2.56. The third kappa shape index (κ3) is 3.83. The van der Waals surface area contributed by atoms with Gasteiger partial charge in [0, 0.05) is 23.1 Å². The normalized spacial score (nSPS) is 15.5. The van der Waals surface area contributed by atoms with E-state index in [9.17, 15) is 8.42 Å². The van der Waals surface area contributed by atoms with Crippen LogP contribution in [0.1, 0.15) is 17.2 Å². The molecule has 144 valence electrons. The monoisotopic (exact) mass is 431 g/mol.